The number of halogens is 1. The number of aryl methyl sites for hydroxylation is 1. The van der Waals surface area contributed by atoms with Gasteiger partial charge in [0.15, 0.2) is 0 Å². The van der Waals surface area contributed by atoms with Crippen molar-refractivity contribution in [3.8, 4) is 0 Å². The largest absolute Gasteiger partial charge is 0.451 e. The van der Waals surface area contributed by atoms with Gasteiger partial charge in [0.05, 0.1) is 0 Å². The summed E-state index contributed by atoms with van der Waals surface area (Å²) < 4.78 is 4.83. The molecular weight excluding hydrogens is 224 g/mol. The molecule has 3 heteroatoms. The van der Waals surface area contributed by atoms with Gasteiger partial charge in [0, 0.05) is 11.6 Å². The molecule has 16 heavy (non-hydrogen) atoms. The molecule has 0 N–H and O–H groups in total. The van der Waals surface area contributed by atoms with Gasteiger partial charge in [-0.25, -0.2) is 4.79 Å². The van der Waals surface area contributed by atoms with E-state index in [-0.39, 0.29) is 6.10 Å². The van der Waals surface area contributed by atoms with E-state index in [0.717, 1.165) is 25.7 Å². The average molecular weight is 241 g/mol. The highest BCUT2D eigenvalue weighted by molar-refractivity contribution is 6.61. The monoisotopic (exact) mass is 240 g/mol. The lowest BCUT2D eigenvalue weighted by Crippen LogP contribution is -2.09. The highest BCUT2D eigenvalue weighted by Crippen LogP contribution is 2.10. The lowest BCUT2D eigenvalue weighted by molar-refractivity contribution is 0.124. The molecule has 2 nitrogen and oxygen atoms in total. The predicted octanol–water partition coefficient (Wildman–Crippen LogP) is 4.16. The normalized spacial score (nSPS) is 12.1. The van der Waals surface area contributed by atoms with Crippen LogP contribution in [0.1, 0.15) is 31.7 Å². The molecule has 0 aliphatic carbocycles. The van der Waals surface area contributed by atoms with E-state index in [0.29, 0.717) is 0 Å². The maximum Gasteiger partial charge on any atom is 0.404 e. The Bertz CT molecular complexity index is 311. The second-order valence-electron chi connectivity index (χ2n) is 3.90. The molecule has 1 rings (SSSR count). The number of benzene rings is 1. The van der Waals surface area contributed by atoms with E-state index in [1.165, 1.54) is 5.56 Å². The van der Waals surface area contributed by atoms with Gasteiger partial charge >= 0.3 is 5.43 Å². The van der Waals surface area contributed by atoms with Gasteiger partial charge in [-0.1, -0.05) is 30.3 Å². The molecule has 1 unspecified atom stereocenters. The van der Waals surface area contributed by atoms with Gasteiger partial charge in [-0.15, -0.1) is 0 Å². The molecule has 0 amide bonds. The number of rotatable bonds is 6. The fraction of sp³-hybridized carbons (Fsp3) is 0.462. The van der Waals surface area contributed by atoms with Crippen LogP contribution in [-0.2, 0) is 11.2 Å². The second kappa shape index (κ2) is 7.29. The van der Waals surface area contributed by atoms with Crippen LogP contribution < -0.4 is 0 Å². The Hall–Kier alpha value is -1.02. The number of hydrogen-bond acceptors (Lipinski definition) is 2. The summed E-state index contributed by atoms with van der Waals surface area (Å²) in [6.45, 7) is 1.86. The van der Waals surface area contributed by atoms with Crippen molar-refractivity contribution in [2.24, 2.45) is 0 Å². The highest BCUT2D eigenvalue weighted by Gasteiger charge is 2.05. The van der Waals surface area contributed by atoms with Crippen LogP contribution in [0.2, 0.25) is 0 Å². The molecule has 0 aromatic heterocycles. The van der Waals surface area contributed by atoms with Crippen molar-refractivity contribution in [3.05, 3.63) is 35.9 Å². The van der Waals surface area contributed by atoms with Crippen molar-refractivity contribution < 1.29 is 9.53 Å². The first-order chi connectivity index (χ1) is 7.68. The maximum atomic E-state index is 10.5. The van der Waals surface area contributed by atoms with Gasteiger partial charge in [-0.3, -0.25) is 0 Å². The van der Waals surface area contributed by atoms with Gasteiger partial charge in [0.1, 0.15) is 6.10 Å². The molecule has 0 radical (unpaired) electrons. The first-order valence-electron chi connectivity index (χ1n) is 5.58. The predicted molar refractivity (Wildman–Crippen MR) is 65.8 cm³/mol. The van der Waals surface area contributed by atoms with Gasteiger partial charge in [-0.05, 0) is 38.2 Å². The van der Waals surface area contributed by atoms with E-state index < -0.39 is 5.43 Å². The van der Waals surface area contributed by atoms with Gasteiger partial charge < -0.3 is 4.74 Å². The molecule has 0 bridgehead atoms. The number of hydrogen-bond donors (Lipinski definition) is 0. The third-order valence-corrected chi connectivity index (χ3v) is 2.55. The summed E-state index contributed by atoms with van der Waals surface area (Å²) in [6.07, 6.45) is 4.00. The number of unbranched alkanes of at least 4 members (excludes halogenated alkanes) is 1. The molecule has 0 saturated heterocycles. The minimum absolute atomic E-state index is 0.0826. The summed E-state index contributed by atoms with van der Waals surface area (Å²) in [5, 5.41) is 0. The summed E-state index contributed by atoms with van der Waals surface area (Å²) >= 11 is 5.12. The first-order valence-corrected chi connectivity index (χ1v) is 5.96. The standard InChI is InChI=1S/C13H17ClO2/c1-11(16-13(14)15)7-5-6-10-12-8-3-2-4-9-12/h2-4,8-9,11H,5-7,10H2,1H3. The quantitative estimate of drug-likeness (QED) is 0.551. The van der Waals surface area contributed by atoms with Crippen molar-refractivity contribution in [1.82, 2.24) is 0 Å². The van der Waals surface area contributed by atoms with Crippen molar-refractivity contribution in [3.63, 3.8) is 0 Å². The Morgan fingerprint density at radius 1 is 1.31 bits per heavy atom. The summed E-state index contributed by atoms with van der Waals surface area (Å²) in [5.74, 6) is 0. The van der Waals surface area contributed by atoms with Crippen LogP contribution in [-0.4, -0.2) is 11.5 Å². The van der Waals surface area contributed by atoms with Crippen LogP contribution in [0.15, 0.2) is 30.3 Å². The Labute approximate surface area is 102 Å². The molecule has 88 valence electrons. The smallest absolute Gasteiger partial charge is 0.404 e. The third-order valence-electron chi connectivity index (χ3n) is 2.46. The zero-order chi connectivity index (χ0) is 11.8. The van der Waals surface area contributed by atoms with Crippen molar-refractivity contribution in [2.45, 2.75) is 38.7 Å². The van der Waals surface area contributed by atoms with Crippen molar-refractivity contribution >= 4 is 17.0 Å². The van der Waals surface area contributed by atoms with Crippen LogP contribution in [0.4, 0.5) is 4.79 Å². The molecule has 0 heterocycles. The van der Waals surface area contributed by atoms with Crippen LogP contribution in [0.5, 0.6) is 0 Å². The molecular formula is C13H17ClO2. The Balaban J connectivity index is 2.10. The van der Waals surface area contributed by atoms with Crippen LogP contribution >= 0.6 is 11.6 Å². The van der Waals surface area contributed by atoms with Gasteiger partial charge in [0.25, 0.3) is 0 Å². The van der Waals surface area contributed by atoms with E-state index in [1.54, 1.807) is 0 Å². The second-order valence-corrected chi connectivity index (χ2v) is 4.21. The molecule has 0 saturated carbocycles. The van der Waals surface area contributed by atoms with Crippen LogP contribution in [0.25, 0.3) is 0 Å². The summed E-state index contributed by atoms with van der Waals surface area (Å²) in [6, 6.07) is 10.4. The van der Waals surface area contributed by atoms with Gasteiger partial charge in [0.2, 0.25) is 0 Å². The zero-order valence-corrected chi connectivity index (χ0v) is 10.2. The fourth-order valence-corrected chi connectivity index (χ4v) is 1.77. The van der Waals surface area contributed by atoms with E-state index in [1.807, 2.05) is 25.1 Å². The number of carbonyl (C=O) groups is 1. The maximum absolute atomic E-state index is 10.5. The van der Waals surface area contributed by atoms with Crippen molar-refractivity contribution in [2.75, 3.05) is 0 Å². The van der Waals surface area contributed by atoms with Gasteiger partial charge in [-0.2, -0.15) is 0 Å². The number of ether oxygens (including phenoxy) is 1. The minimum atomic E-state index is -0.712. The Kier molecular flexibility index (Phi) is 5.94. The highest BCUT2D eigenvalue weighted by atomic mass is 35.5. The van der Waals surface area contributed by atoms with E-state index in [9.17, 15) is 4.79 Å². The Morgan fingerprint density at radius 2 is 2.00 bits per heavy atom. The Morgan fingerprint density at radius 3 is 2.62 bits per heavy atom. The summed E-state index contributed by atoms with van der Waals surface area (Å²) in [4.78, 5) is 10.5. The van der Waals surface area contributed by atoms with E-state index in [2.05, 4.69) is 12.1 Å². The molecule has 1 aromatic rings. The minimum Gasteiger partial charge on any atom is -0.451 e. The molecule has 0 aliphatic heterocycles. The average Bonchev–Trinajstić information content (AvgIpc) is 2.25. The summed E-state index contributed by atoms with van der Waals surface area (Å²) in [7, 11) is 0. The number of carbonyl (C=O) groups excluding carboxylic acids is 1. The van der Waals surface area contributed by atoms with Crippen molar-refractivity contribution in [1.29, 1.82) is 0 Å². The molecule has 1 atom stereocenters. The molecule has 0 aliphatic rings. The summed E-state index contributed by atoms with van der Waals surface area (Å²) in [5.41, 5.74) is 0.639. The van der Waals surface area contributed by atoms with E-state index in [4.69, 9.17) is 16.3 Å². The zero-order valence-electron chi connectivity index (χ0n) is 9.49. The van der Waals surface area contributed by atoms with E-state index >= 15 is 0 Å². The van der Waals surface area contributed by atoms with Crippen LogP contribution in [0, 0.1) is 0 Å². The lowest BCUT2D eigenvalue weighted by Gasteiger charge is -2.10. The molecule has 0 spiro atoms. The third kappa shape index (κ3) is 5.76. The lowest BCUT2D eigenvalue weighted by atomic mass is 10.1. The fourth-order valence-electron chi connectivity index (χ4n) is 1.62. The SMILES string of the molecule is CC(CCCCc1ccccc1)OC(=O)Cl. The topological polar surface area (TPSA) is 26.3 Å². The molecule has 1 aromatic carbocycles. The van der Waals surface area contributed by atoms with Crippen LogP contribution in [0.3, 0.4) is 0 Å². The first kappa shape index (κ1) is 13.0. The molecule has 0 fully saturated rings.